The Labute approximate surface area is 177 Å². The van der Waals surface area contributed by atoms with Gasteiger partial charge in [-0.1, -0.05) is 17.7 Å². The molecule has 0 amide bonds. The van der Waals surface area contributed by atoms with Gasteiger partial charge in [0.05, 0.1) is 30.4 Å². The highest BCUT2D eigenvalue weighted by molar-refractivity contribution is 6.32. The normalized spacial score (nSPS) is 12.0. The Balaban J connectivity index is 2.09. The first-order chi connectivity index (χ1) is 14.3. The number of aryl methyl sites for hydroxylation is 2. The number of ether oxygens (including phenoxy) is 1. The minimum Gasteiger partial charge on any atom is -0.507 e. The number of carbonyl (C=O) groups is 1. The number of pyridine rings is 1. The van der Waals surface area contributed by atoms with E-state index in [1.54, 1.807) is 30.1 Å². The molecule has 3 aromatic rings. The second kappa shape index (κ2) is 9.04. The fraction of sp³-hybridized carbons (Fsp3) is 0.286. The summed E-state index contributed by atoms with van der Waals surface area (Å²) in [4.78, 5) is 32.4. The Kier molecular flexibility index (Phi) is 6.47. The lowest BCUT2D eigenvalue weighted by Gasteiger charge is -2.21. The van der Waals surface area contributed by atoms with Crippen molar-refractivity contribution in [2.24, 2.45) is 0 Å². The van der Waals surface area contributed by atoms with Gasteiger partial charge in [0.25, 0.3) is 5.56 Å². The van der Waals surface area contributed by atoms with Crippen LogP contribution in [0.25, 0.3) is 0 Å². The van der Waals surface area contributed by atoms with Gasteiger partial charge in [-0.15, -0.1) is 0 Å². The number of phenols is 1. The number of hydrogen-bond donors (Lipinski definition) is 3. The molecule has 0 spiro atoms. The number of imidazole rings is 1. The first-order valence-electron chi connectivity index (χ1n) is 9.27. The van der Waals surface area contributed by atoms with Crippen LogP contribution in [0.1, 0.15) is 34.9 Å². The van der Waals surface area contributed by atoms with Crippen molar-refractivity contribution in [3.63, 3.8) is 0 Å². The quantitative estimate of drug-likeness (QED) is 0.495. The highest BCUT2D eigenvalue weighted by Gasteiger charge is 2.27. The lowest BCUT2D eigenvalue weighted by molar-refractivity contribution is -0.140. The number of halogens is 1. The summed E-state index contributed by atoms with van der Waals surface area (Å²) in [5, 5.41) is 20.4. The highest BCUT2D eigenvalue weighted by atomic mass is 35.5. The molecule has 0 radical (unpaired) electrons. The third-order valence-corrected chi connectivity index (χ3v) is 5.31. The van der Waals surface area contributed by atoms with Crippen LogP contribution in [0.3, 0.4) is 0 Å². The van der Waals surface area contributed by atoms with Crippen molar-refractivity contribution in [3.05, 3.63) is 74.7 Å². The van der Waals surface area contributed by atoms with Crippen LogP contribution in [-0.2, 0) is 22.5 Å². The Morgan fingerprint density at radius 3 is 2.70 bits per heavy atom. The van der Waals surface area contributed by atoms with Gasteiger partial charge in [-0.2, -0.15) is 0 Å². The van der Waals surface area contributed by atoms with Gasteiger partial charge in [0, 0.05) is 36.5 Å². The number of methoxy groups -OCH3 is 1. The molecule has 0 fully saturated rings. The van der Waals surface area contributed by atoms with Crippen molar-refractivity contribution in [2.75, 3.05) is 7.11 Å². The van der Waals surface area contributed by atoms with Crippen LogP contribution in [-0.4, -0.2) is 37.8 Å². The van der Waals surface area contributed by atoms with Crippen LogP contribution in [0, 0.1) is 6.92 Å². The molecular weight excluding hydrogens is 410 g/mol. The first kappa shape index (κ1) is 21.4. The predicted molar refractivity (Wildman–Crippen MR) is 111 cm³/mol. The van der Waals surface area contributed by atoms with E-state index in [4.69, 9.17) is 16.3 Å². The number of hydrogen-bond acceptors (Lipinski definition) is 6. The molecule has 0 aliphatic rings. The van der Waals surface area contributed by atoms with Crippen molar-refractivity contribution < 1.29 is 19.7 Å². The van der Waals surface area contributed by atoms with Crippen LogP contribution in [0.2, 0.25) is 5.02 Å². The number of nitrogens with zero attached hydrogens (tertiary/aromatic N) is 2. The maximum Gasteiger partial charge on any atom is 0.306 e. The zero-order chi connectivity index (χ0) is 21.8. The van der Waals surface area contributed by atoms with Crippen LogP contribution >= 0.6 is 11.6 Å². The Morgan fingerprint density at radius 2 is 2.07 bits per heavy atom. The summed E-state index contributed by atoms with van der Waals surface area (Å²) in [5.41, 5.74) is 1.61. The van der Waals surface area contributed by atoms with Gasteiger partial charge >= 0.3 is 5.97 Å². The molecule has 158 valence electrons. The van der Waals surface area contributed by atoms with E-state index in [1.807, 2.05) is 0 Å². The van der Waals surface area contributed by atoms with Gasteiger partial charge in [-0.05, 0) is 30.7 Å². The van der Waals surface area contributed by atoms with Gasteiger partial charge in [-0.3, -0.25) is 9.59 Å². The average molecular weight is 432 g/mol. The molecule has 3 N–H and O–H groups in total. The Hall–Kier alpha value is -3.26. The van der Waals surface area contributed by atoms with Crippen LogP contribution in [0.4, 0.5) is 0 Å². The molecule has 0 aliphatic carbocycles. The summed E-state index contributed by atoms with van der Waals surface area (Å²) >= 11 is 6.04. The number of carbonyl (C=O) groups excluding carboxylic acids is 1. The fourth-order valence-corrected chi connectivity index (χ4v) is 3.59. The number of aromatic hydroxyl groups is 2. The number of esters is 1. The topological polar surface area (TPSA) is 117 Å². The summed E-state index contributed by atoms with van der Waals surface area (Å²) in [5.74, 6) is -1.69. The summed E-state index contributed by atoms with van der Waals surface area (Å²) in [6.07, 6.45) is 3.61. The zero-order valence-electron chi connectivity index (χ0n) is 16.6. The fourth-order valence-electron chi connectivity index (χ4n) is 3.40. The minimum absolute atomic E-state index is 0.0670. The number of phenolic OH excluding ortho intramolecular Hbond substituents is 1. The summed E-state index contributed by atoms with van der Waals surface area (Å²) in [7, 11) is 1.25. The maximum absolute atomic E-state index is 13.3. The molecule has 9 heteroatoms. The van der Waals surface area contributed by atoms with Crippen LogP contribution in [0.15, 0.2) is 41.6 Å². The van der Waals surface area contributed by atoms with Crippen molar-refractivity contribution in [1.29, 1.82) is 0 Å². The molecule has 0 bridgehead atoms. The third-order valence-electron chi connectivity index (χ3n) is 5.00. The number of aromatic amines is 1. The molecule has 1 aromatic carbocycles. The molecule has 1 atom stereocenters. The molecule has 2 aromatic heterocycles. The van der Waals surface area contributed by atoms with Crippen molar-refractivity contribution in [1.82, 2.24) is 14.5 Å². The Bertz CT molecular complexity index is 1110. The van der Waals surface area contributed by atoms with Crippen LogP contribution < -0.4 is 5.56 Å². The zero-order valence-corrected chi connectivity index (χ0v) is 17.3. The second-order valence-electron chi connectivity index (χ2n) is 6.91. The van der Waals surface area contributed by atoms with E-state index >= 15 is 0 Å². The monoisotopic (exact) mass is 431 g/mol. The van der Waals surface area contributed by atoms with Gasteiger partial charge in [-0.25, -0.2) is 4.98 Å². The van der Waals surface area contributed by atoms with E-state index in [1.165, 1.54) is 25.3 Å². The van der Waals surface area contributed by atoms with E-state index in [0.29, 0.717) is 24.2 Å². The highest BCUT2D eigenvalue weighted by Crippen LogP contribution is 2.35. The van der Waals surface area contributed by atoms with Crippen molar-refractivity contribution in [2.45, 2.75) is 32.2 Å². The second-order valence-corrected chi connectivity index (χ2v) is 7.32. The molecular formula is C21H22ClN3O5. The summed E-state index contributed by atoms with van der Waals surface area (Å²) < 4.78 is 6.33. The van der Waals surface area contributed by atoms with Crippen molar-refractivity contribution in [3.8, 4) is 11.5 Å². The molecule has 8 nitrogen and oxygen atoms in total. The smallest absolute Gasteiger partial charge is 0.306 e. The molecule has 0 aliphatic heterocycles. The lowest BCUT2D eigenvalue weighted by Crippen LogP contribution is -2.29. The van der Waals surface area contributed by atoms with Gasteiger partial charge in [0.15, 0.2) is 0 Å². The number of nitrogens with one attached hydrogen (secondary N) is 1. The average Bonchev–Trinajstić information content (AvgIpc) is 3.22. The van der Waals surface area contributed by atoms with E-state index in [2.05, 4.69) is 9.97 Å². The third kappa shape index (κ3) is 4.49. The molecule has 0 saturated heterocycles. The number of aromatic nitrogens is 3. The lowest BCUT2D eigenvalue weighted by atomic mass is 9.88. The minimum atomic E-state index is -0.804. The number of H-pyrrole nitrogens is 1. The molecule has 2 heterocycles. The predicted octanol–water partition coefficient (Wildman–Crippen LogP) is 2.88. The van der Waals surface area contributed by atoms with Crippen LogP contribution in [0.5, 0.6) is 11.5 Å². The SMILES string of the molecule is COC(=O)C[C@@H](c1ccc(O)c(Cl)c1)c1c(O)cc(C)n(CCc2cnc[nH]2)c1=O. The summed E-state index contributed by atoms with van der Waals surface area (Å²) in [6, 6.07) is 5.90. The van der Waals surface area contributed by atoms with Gasteiger partial charge < -0.3 is 24.5 Å². The number of benzene rings is 1. The van der Waals surface area contributed by atoms with Gasteiger partial charge in [0.1, 0.15) is 11.5 Å². The number of rotatable bonds is 7. The van der Waals surface area contributed by atoms with E-state index in [9.17, 15) is 19.8 Å². The molecule has 0 unspecified atom stereocenters. The molecule has 30 heavy (non-hydrogen) atoms. The standard InChI is InChI=1S/C21H22ClN3O5/c1-12-7-18(27)20(21(29)25(12)6-5-14-10-23-11-24-14)15(9-19(28)30-2)13-3-4-17(26)16(22)8-13/h3-4,7-8,10-11,15,26-27H,5-6,9H2,1-2H3,(H,23,24)/t15-/m0/s1. The van der Waals surface area contributed by atoms with E-state index in [0.717, 1.165) is 5.69 Å². The van der Waals surface area contributed by atoms with E-state index in [-0.39, 0.29) is 28.5 Å². The summed E-state index contributed by atoms with van der Waals surface area (Å²) in [6.45, 7) is 2.09. The van der Waals surface area contributed by atoms with E-state index < -0.39 is 17.4 Å². The Morgan fingerprint density at radius 1 is 1.30 bits per heavy atom. The first-order valence-corrected chi connectivity index (χ1v) is 9.65. The molecule has 3 rings (SSSR count). The maximum atomic E-state index is 13.3. The molecule has 0 saturated carbocycles. The largest absolute Gasteiger partial charge is 0.507 e. The van der Waals surface area contributed by atoms with Crippen molar-refractivity contribution >= 4 is 17.6 Å². The van der Waals surface area contributed by atoms with Gasteiger partial charge in [0.2, 0.25) is 0 Å².